The molecule has 4 aromatic carbocycles. The molecule has 0 saturated heterocycles. The van der Waals surface area contributed by atoms with Crippen molar-refractivity contribution in [3.8, 4) is 33.4 Å². The Morgan fingerprint density at radius 1 is 0.571 bits per heavy atom. The summed E-state index contributed by atoms with van der Waals surface area (Å²) in [6.45, 7) is 0. The molecule has 1 saturated carbocycles. The fourth-order valence-electron chi connectivity index (χ4n) is 5.40. The summed E-state index contributed by atoms with van der Waals surface area (Å²) in [5.41, 5.74) is 6.14. The van der Waals surface area contributed by atoms with Gasteiger partial charge in [-0.3, -0.25) is 0 Å². The van der Waals surface area contributed by atoms with Gasteiger partial charge in [0.25, 0.3) is 0 Å². The van der Waals surface area contributed by atoms with Gasteiger partial charge in [-0.15, -0.1) is 0 Å². The third-order valence-corrected chi connectivity index (χ3v) is 6.97. The van der Waals surface area contributed by atoms with Gasteiger partial charge in [0, 0.05) is 0 Å². The van der Waals surface area contributed by atoms with E-state index in [9.17, 15) is 19.8 Å². The van der Waals surface area contributed by atoms with Crippen LogP contribution in [0.25, 0.3) is 33.4 Å². The molecule has 0 atom stereocenters. The lowest BCUT2D eigenvalue weighted by atomic mass is 9.79. The predicted octanol–water partition coefficient (Wildman–Crippen LogP) is 7.74. The molecular weight excluding hydrogens is 436 g/mol. The zero-order valence-electron chi connectivity index (χ0n) is 19.3. The lowest BCUT2D eigenvalue weighted by Crippen LogP contribution is -2.07. The van der Waals surface area contributed by atoms with E-state index in [4.69, 9.17) is 0 Å². The monoisotopic (exact) mass is 462 g/mol. The summed E-state index contributed by atoms with van der Waals surface area (Å²) in [5, 5.41) is 20.2. The zero-order chi connectivity index (χ0) is 24.4. The number of aromatic carboxylic acids is 2. The quantitative estimate of drug-likeness (QED) is 0.307. The van der Waals surface area contributed by atoms with Gasteiger partial charge >= 0.3 is 11.9 Å². The maximum atomic E-state index is 12.3. The van der Waals surface area contributed by atoms with Crippen LogP contribution in [0.2, 0.25) is 0 Å². The molecule has 1 fully saturated rings. The summed E-state index contributed by atoms with van der Waals surface area (Å²) in [6.07, 6.45) is 4.33. The van der Waals surface area contributed by atoms with Crippen LogP contribution in [0.5, 0.6) is 0 Å². The van der Waals surface area contributed by atoms with E-state index in [1.807, 2.05) is 54.6 Å². The van der Waals surface area contributed by atoms with Crippen molar-refractivity contribution in [1.82, 2.24) is 0 Å². The Morgan fingerprint density at radius 3 is 1.66 bits per heavy atom. The van der Waals surface area contributed by atoms with E-state index < -0.39 is 11.9 Å². The van der Waals surface area contributed by atoms with Crippen molar-refractivity contribution in [2.24, 2.45) is 0 Å². The molecule has 0 bridgehead atoms. The van der Waals surface area contributed by atoms with Gasteiger partial charge in [0.2, 0.25) is 0 Å². The molecule has 0 amide bonds. The molecule has 4 nitrogen and oxygen atoms in total. The summed E-state index contributed by atoms with van der Waals surface area (Å²) in [6, 6.07) is 28.1. The van der Waals surface area contributed by atoms with Crippen LogP contribution in [0.15, 0.2) is 91.0 Å². The van der Waals surface area contributed by atoms with Crippen LogP contribution in [0.3, 0.4) is 0 Å². The van der Waals surface area contributed by atoms with Crippen LogP contribution in [-0.4, -0.2) is 22.2 Å². The van der Waals surface area contributed by atoms with Gasteiger partial charge in [0.15, 0.2) is 0 Å². The molecule has 174 valence electrons. The molecule has 0 aliphatic heterocycles. The second-order valence-electron chi connectivity index (χ2n) is 9.00. The van der Waals surface area contributed by atoms with Gasteiger partial charge in [-0.1, -0.05) is 91.7 Å². The van der Waals surface area contributed by atoms with E-state index in [1.165, 1.54) is 0 Å². The summed E-state index contributed by atoms with van der Waals surface area (Å²) in [4.78, 5) is 24.6. The Hall–Kier alpha value is -4.18. The second kappa shape index (κ2) is 9.59. The number of hydrogen-bond acceptors (Lipinski definition) is 2. The molecule has 0 radical (unpaired) electrons. The Morgan fingerprint density at radius 2 is 1.09 bits per heavy atom. The average molecular weight is 463 g/mol. The van der Waals surface area contributed by atoms with Crippen LogP contribution in [0, 0.1) is 0 Å². The van der Waals surface area contributed by atoms with Crippen LogP contribution in [-0.2, 0) is 0 Å². The van der Waals surface area contributed by atoms with Crippen molar-refractivity contribution in [3.63, 3.8) is 0 Å². The van der Waals surface area contributed by atoms with Crippen LogP contribution in [0.4, 0.5) is 0 Å². The highest BCUT2D eigenvalue weighted by Crippen LogP contribution is 2.48. The number of carboxylic acid groups (broad SMARTS) is 2. The second-order valence-corrected chi connectivity index (χ2v) is 9.00. The van der Waals surface area contributed by atoms with E-state index >= 15 is 0 Å². The molecule has 4 aromatic rings. The van der Waals surface area contributed by atoms with Crippen LogP contribution >= 0.6 is 0 Å². The van der Waals surface area contributed by atoms with E-state index in [-0.39, 0.29) is 11.1 Å². The van der Waals surface area contributed by atoms with Crippen molar-refractivity contribution in [3.05, 3.63) is 108 Å². The molecule has 1 aliphatic carbocycles. The number of carbonyl (C=O) groups is 2. The maximum Gasteiger partial charge on any atom is 0.336 e. The summed E-state index contributed by atoms with van der Waals surface area (Å²) in [7, 11) is 0. The van der Waals surface area contributed by atoms with E-state index in [0.29, 0.717) is 17.0 Å². The highest BCUT2D eigenvalue weighted by molar-refractivity contribution is 6.07. The van der Waals surface area contributed by atoms with Crippen molar-refractivity contribution >= 4 is 11.9 Å². The Bertz CT molecular complexity index is 1400. The maximum absolute atomic E-state index is 12.3. The van der Waals surface area contributed by atoms with Gasteiger partial charge in [-0.05, 0) is 69.8 Å². The third kappa shape index (κ3) is 4.24. The molecule has 5 rings (SSSR count). The van der Waals surface area contributed by atoms with Crippen molar-refractivity contribution in [2.45, 2.75) is 31.6 Å². The molecule has 1 aliphatic rings. The van der Waals surface area contributed by atoms with Crippen molar-refractivity contribution in [1.29, 1.82) is 0 Å². The molecule has 0 aromatic heterocycles. The number of hydrogen-bond donors (Lipinski definition) is 2. The average Bonchev–Trinajstić information content (AvgIpc) is 3.43. The lowest BCUT2D eigenvalue weighted by molar-refractivity contribution is 0.0686. The zero-order valence-corrected chi connectivity index (χ0v) is 19.3. The van der Waals surface area contributed by atoms with Crippen LogP contribution in [0.1, 0.15) is 57.9 Å². The van der Waals surface area contributed by atoms with Gasteiger partial charge in [-0.25, -0.2) is 9.59 Å². The normalized spacial score (nSPS) is 13.6. The smallest absolute Gasteiger partial charge is 0.336 e. The van der Waals surface area contributed by atoms with Gasteiger partial charge in [0.05, 0.1) is 11.1 Å². The number of carboxylic acids is 2. The summed E-state index contributed by atoms with van der Waals surface area (Å²) < 4.78 is 0. The van der Waals surface area contributed by atoms with E-state index in [1.54, 1.807) is 24.3 Å². The molecule has 4 heteroatoms. The summed E-state index contributed by atoms with van der Waals surface area (Å²) >= 11 is 0. The minimum atomic E-state index is -1.01. The molecule has 0 spiro atoms. The molecule has 0 unspecified atom stereocenters. The van der Waals surface area contributed by atoms with Crippen LogP contribution < -0.4 is 0 Å². The predicted molar refractivity (Wildman–Crippen MR) is 138 cm³/mol. The van der Waals surface area contributed by atoms with Gasteiger partial charge < -0.3 is 10.2 Å². The first kappa shape index (κ1) is 22.6. The van der Waals surface area contributed by atoms with E-state index in [0.717, 1.165) is 53.5 Å². The fraction of sp³-hybridized carbons (Fsp3) is 0.161. The topological polar surface area (TPSA) is 74.6 Å². The highest BCUT2D eigenvalue weighted by Gasteiger charge is 2.28. The number of rotatable bonds is 6. The van der Waals surface area contributed by atoms with E-state index in [2.05, 4.69) is 12.1 Å². The molecular formula is C31H26O4. The van der Waals surface area contributed by atoms with Gasteiger partial charge in [0.1, 0.15) is 0 Å². The number of benzene rings is 4. The standard InChI is InChI=1S/C31H26O4/c32-30(33)26-16-8-6-14-24(26)28-22(20-10-2-1-3-11-20)18-19-23(21-12-4-5-13-21)29(28)25-15-7-9-17-27(25)31(34)35/h1-3,6-11,14-19,21H,4-5,12-13H2,(H,32,33)(H,34,35). The molecule has 35 heavy (non-hydrogen) atoms. The Labute approximate surface area is 204 Å². The van der Waals surface area contributed by atoms with Crippen molar-refractivity contribution < 1.29 is 19.8 Å². The lowest BCUT2D eigenvalue weighted by Gasteiger charge is -2.24. The van der Waals surface area contributed by atoms with Crippen molar-refractivity contribution in [2.75, 3.05) is 0 Å². The first-order valence-electron chi connectivity index (χ1n) is 11.9. The summed E-state index contributed by atoms with van der Waals surface area (Å²) in [5.74, 6) is -1.71. The molecule has 0 heterocycles. The Balaban J connectivity index is 1.95. The SMILES string of the molecule is O=C(O)c1ccccc1-c1c(-c2ccccc2)ccc(C2CCCC2)c1-c1ccccc1C(=O)O. The Kier molecular flexibility index (Phi) is 6.19. The third-order valence-electron chi connectivity index (χ3n) is 6.97. The fourth-order valence-corrected chi connectivity index (χ4v) is 5.40. The minimum Gasteiger partial charge on any atom is -0.478 e. The molecule has 2 N–H and O–H groups in total. The largest absolute Gasteiger partial charge is 0.478 e. The first-order chi connectivity index (χ1) is 17.1. The highest BCUT2D eigenvalue weighted by atomic mass is 16.4. The first-order valence-corrected chi connectivity index (χ1v) is 11.9. The van der Waals surface area contributed by atoms with Gasteiger partial charge in [-0.2, -0.15) is 0 Å². The minimum absolute atomic E-state index is 0.197.